The summed E-state index contributed by atoms with van der Waals surface area (Å²) < 4.78 is 18.3. The van der Waals surface area contributed by atoms with Crippen LogP contribution in [0.4, 0.5) is 10.3 Å². The van der Waals surface area contributed by atoms with Crippen LogP contribution in [-0.4, -0.2) is 22.3 Å². The van der Waals surface area contributed by atoms with E-state index in [0.29, 0.717) is 0 Å². The normalized spacial score (nSPS) is 22.6. The molecule has 2 unspecified atom stereocenters. The van der Waals surface area contributed by atoms with Crippen molar-refractivity contribution in [3.63, 3.8) is 0 Å². The van der Waals surface area contributed by atoms with Crippen LogP contribution in [0.2, 0.25) is 0 Å². The zero-order valence-corrected chi connectivity index (χ0v) is 9.12. The fourth-order valence-electron chi connectivity index (χ4n) is 1.60. The molecule has 2 N–H and O–H groups in total. The molecule has 0 bridgehead atoms. The Morgan fingerprint density at radius 3 is 3.11 bits per heavy atom. The SMILES string of the molecule is N#CC1=CC(n2ccc(N)nc2=O)OC1COF. The first-order valence-corrected chi connectivity index (χ1v) is 5.01. The Balaban J connectivity index is 2.29. The summed E-state index contributed by atoms with van der Waals surface area (Å²) in [5.41, 5.74) is 4.93. The van der Waals surface area contributed by atoms with Gasteiger partial charge in [-0.3, -0.25) is 4.57 Å². The highest BCUT2D eigenvalue weighted by molar-refractivity contribution is 5.30. The molecule has 0 spiro atoms. The maximum atomic E-state index is 11.8. The maximum absolute atomic E-state index is 11.8. The van der Waals surface area contributed by atoms with Crippen molar-refractivity contribution in [2.75, 3.05) is 12.3 Å². The Bertz CT molecular complexity index is 577. The minimum Gasteiger partial charge on any atom is -0.383 e. The van der Waals surface area contributed by atoms with Gasteiger partial charge in [-0.2, -0.15) is 15.2 Å². The quantitative estimate of drug-likeness (QED) is 0.816. The van der Waals surface area contributed by atoms with E-state index in [1.165, 1.54) is 18.3 Å². The van der Waals surface area contributed by atoms with Gasteiger partial charge in [-0.15, -0.1) is 0 Å². The van der Waals surface area contributed by atoms with Crippen molar-refractivity contribution < 1.29 is 14.2 Å². The number of ether oxygens (including phenoxy) is 1. The largest absolute Gasteiger partial charge is 0.383 e. The summed E-state index contributed by atoms with van der Waals surface area (Å²) in [5.74, 6) is 0.0855. The van der Waals surface area contributed by atoms with Crippen molar-refractivity contribution in [2.24, 2.45) is 0 Å². The number of anilines is 1. The summed E-state index contributed by atoms with van der Waals surface area (Å²) in [6.07, 6.45) is 1.14. The van der Waals surface area contributed by atoms with Gasteiger partial charge in [0.05, 0.1) is 11.6 Å². The molecule has 0 saturated carbocycles. The van der Waals surface area contributed by atoms with Gasteiger partial charge in [0.25, 0.3) is 0 Å². The summed E-state index contributed by atoms with van der Waals surface area (Å²) in [7, 11) is 0. The third-order valence-electron chi connectivity index (χ3n) is 2.44. The molecule has 0 radical (unpaired) electrons. The van der Waals surface area contributed by atoms with Gasteiger partial charge in [0.1, 0.15) is 18.5 Å². The Hall–Kier alpha value is -2.24. The lowest BCUT2D eigenvalue weighted by Gasteiger charge is -2.14. The topological polar surface area (TPSA) is 103 Å². The smallest absolute Gasteiger partial charge is 0.351 e. The Kier molecular flexibility index (Phi) is 3.36. The molecule has 0 aromatic carbocycles. The molecule has 7 nitrogen and oxygen atoms in total. The predicted octanol–water partition coefficient (Wildman–Crippen LogP) is 0.0740. The second kappa shape index (κ2) is 4.95. The molecular weight excluding hydrogens is 243 g/mol. The van der Waals surface area contributed by atoms with E-state index in [2.05, 4.69) is 9.93 Å². The Morgan fingerprint density at radius 2 is 2.50 bits per heavy atom. The number of nitrogens with two attached hydrogens (primary N) is 1. The molecule has 1 aliphatic rings. The third kappa shape index (κ3) is 2.22. The van der Waals surface area contributed by atoms with Gasteiger partial charge in [0, 0.05) is 6.20 Å². The zero-order chi connectivity index (χ0) is 13.1. The molecule has 2 heterocycles. The monoisotopic (exact) mass is 252 g/mol. The number of nitriles is 1. The fourth-order valence-corrected chi connectivity index (χ4v) is 1.60. The van der Waals surface area contributed by atoms with Crippen LogP contribution in [0.15, 0.2) is 28.7 Å². The van der Waals surface area contributed by atoms with Crippen molar-refractivity contribution in [2.45, 2.75) is 12.3 Å². The van der Waals surface area contributed by atoms with Gasteiger partial charge in [-0.25, -0.2) is 4.79 Å². The number of aromatic nitrogens is 2. The lowest BCUT2D eigenvalue weighted by molar-refractivity contribution is -0.164. The highest BCUT2D eigenvalue weighted by Gasteiger charge is 2.29. The maximum Gasteiger partial charge on any atom is 0.351 e. The Labute approximate surface area is 101 Å². The molecule has 0 aliphatic carbocycles. The summed E-state index contributed by atoms with van der Waals surface area (Å²) >= 11 is 0. The molecule has 1 aliphatic heterocycles. The van der Waals surface area contributed by atoms with Gasteiger partial charge in [-0.05, 0) is 16.7 Å². The zero-order valence-electron chi connectivity index (χ0n) is 9.12. The lowest BCUT2D eigenvalue weighted by atomic mass is 10.2. The van der Waals surface area contributed by atoms with Crippen molar-refractivity contribution in [3.05, 3.63) is 34.4 Å². The van der Waals surface area contributed by atoms with E-state index in [9.17, 15) is 9.32 Å². The molecule has 0 fully saturated rings. The third-order valence-corrected chi connectivity index (χ3v) is 2.44. The van der Waals surface area contributed by atoms with Crippen LogP contribution in [0.5, 0.6) is 0 Å². The van der Waals surface area contributed by atoms with Crippen LogP contribution >= 0.6 is 0 Å². The summed E-state index contributed by atoms with van der Waals surface area (Å²) in [6, 6.07) is 3.28. The molecule has 2 atom stereocenters. The number of rotatable bonds is 3. The van der Waals surface area contributed by atoms with E-state index in [1.807, 2.05) is 6.07 Å². The van der Waals surface area contributed by atoms with E-state index < -0.39 is 24.6 Å². The van der Waals surface area contributed by atoms with Gasteiger partial charge in [0.15, 0.2) is 6.23 Å². The highest BCUT2D eigenvalue weighted by atomic mass is 19.3. The molecule has 1 aromatic rings. The average molecular weight is 252 g/mol. The average Bonchev–Trinajstić information content (AvgIpc) is 2.72. The van der Waals surface area contributed by atoms with E-state index in [-0.39, 0.29) is 11.4 Å². The molecule has 2 rings (SSSR count). The highest BCUT2D eigenvalue weighted by Crippen LogP contribution is 2.26. The van der Waals surface area contributed by atoms with Crippen LogP contribution in [0.25, 0.3) is 0 Å². The minimum absolute atomic E-state index is 0.0855. The van der Waals surface area contributed by atoms with Crippen molar-refractivity contribution in [1.82, 2.24) is 9.55 Å². The number of hydrogen-bond acceptors (Lipinski definition) is 6. The molecular formula is C10H9FN4O3. The molecule has 0 saturated heterocycles. The molecule has 94 valence electrons. The lowest BCUT2D eigenvalue weighted by Crippen LogP contribution is -2.28. The van der Waals surface area contributed by atoms with Crippen molar-refractivity contribution >= 4 is 5.82 Å². The van der Waals surface area contributed by atoms with Gasteiger partial charge in [0.2, 0.25) is 0 Å². The summed E-state index contributed by atoms with van der Waals surface area (Å²) in [6.45, 7) is -0.410. The first kappa shape index (κ1) is 12.2. The van der Waals surface area contributed by atoms with Crippen LogP contribution in [-0.2, 0) is 9.68 Å². The van der Waals surface area contributed by atoms with Crippen LogP contribution in [0, 0.1) is 11.3 Å². The number of hydrogen-bond donors (Lipinski definition) is 1. The molecule has 8 heteroatoms. The van der Waals surface area contributed by atoms with E-state index in [4.69, 9.17) is 15.7 Å². The fraction of sp³-hybridized carbons (Fsp3) is 0.300. The van der Waals surface area contributed by atoms with E-state index in [1.54, 1.807) is 0 Å². The first-order valence-electron chi connectivity index (χ1n) is 5.01. The second-order valence-corrected chi connectivity index (χ2v) is 3.57. The second-order valence-electron chi connectivity index (χ2n) is 3.57. The summed E-state index contributed by atoms with van der Waals surface area (Å²) in [4.78, 5) is 18.5. The molecule has 18 heavy (non-hydrogen) atoms. The number of nitrogen functional groups attached to an aromatic ring is 1. The van der Waals surface area contributed by atoms with Crippen LogP contribution < -0.4 is 11.4 Å². The van der Waals surface area contributed by atoms with Gasteiger partial charge >= 0.3 is 5.69 Å². The molecule has 1 aromatic heterocycles. The van der Waals surface area contributed by atoms with Crippen LogP contribution in [0.1, 0.15) is 6.23 Å². The predicted molar refractivity (Wildman–Crippen MR) is 57.6 cm³/mol. The van der Waals surface area contributed by atoms with Gasteiger partial charge in [-0.1, -0.05) is 0 Å². The molecule has 0 amide bonds. The van der Waals surface area contributed by atoms with Gasteiger partial charge < -0.3 is 10.5 Å². The number of halogens is 1. The Morgan fingerprint density at radius 1 is 1.72 bits per heavy atom. The minimum atomic E-state index is -0.838. The van der Waals surface area contributed by atoms with E-state index in [0.717, 1.165) is 4.57 Å². The van der Waals surface area contributed by atoms with Crippen molar-refractivity contribution in [3.8, 4) is 6.07 Å². The van der Waals surface area contributed by atoms with E-state index >= 15 is 0 Å². The van der Waals surface area contributed by atoms with Crippen molar-refractivity contribution in [1.29, 1.82) is 5.26 Å². The first-order chi connectivity index (χ1) is 8.65. The standard InChI is InChI=1S/C10H9FN4O3/c11-17-5-7-6(4-12)3-9(18-7)15-2-1-8(13)14-10(15)16/h1-3,7,9H,5H2,(H2,13,14,16). The summed E-state index contributed by atoms with van der Waals surface area (Å²) in [5, 5.41) is 8.84. The van der Waals surface area contributed by atoms with Crippen LogP contribution in [0.3, 0.4) is 0 Å². The number of nitrogens with zero attached hydrogens (tertiary/aromatic N) is 3.